The molecule has 4 rings (SSSR count). The third-order valence-corrected chi connectivity index (χ3v) is 5.44. The average molecular weight is 417 g/mol. The van der Waals surface area contributed by atoms with Gasteiger partial charge in [0.05, 0.1) is 11.2 Å². The molecule has 1 fully saturated rings. The summed E-state index contributed by atoms with van der Waals surface area (Å²) in [5, 5.41) is 4.34. The summed E-state index contributed by atoms with van der Waals surface area (Å²) in [6.07, 6.45) is 7.86. The van der Waals surface area contributed by atoms with Gasteiger partial charge in [0.2, 0.25) is 5.91 Å². The first-order chi connectivity index (χ1) is 14.1. The zero-order valence-electron chi connectivity index (χ0n) is 16.1. The molecule has 152 valence electrons. The predicted molar refractivity (Wildman–Crippen MR) is 110 cm³/mol. The largest absolute Gasteiger partial charge is 0.365 e. The smallest absolute Gasteiger partial charge is 0.222 e. The molecule has 3 aromatic rings. The highest BCUT2D eigenvalue weighted by atomic mass is 35.5. The van der Waals surface area contributed by atoms with Crippen LogP contribution < -0.4 is 5.32 Å². The molecule has 0 saturated carbocycles. The Morgan fingerprint density at radius 3 is 3.07 bits per heavy atom. The fraction of sp³-hybridized carbons (Fsp3) is 0.400. The number of carbonyl (C=O) groups excluding carboxylic acids is 1. The van der Waals surface area contributed by atoms with E-state index in [0.29, 0.717) is 35.0 Å². The molecule has 2 N–H and O–H groups in total. The standard InChI is InChI=1S/C20H22ClFN6O/c1-2-17(29)28-6-4-3-5-13(28)9-24-20-16(22)11-26-19(27-20)15-10-25-18-14(15)7-12(21)8-23-18/h7-8,10-11,13H,2-6,9H2,1H3,(H,23,25)(H,24,26,27). The number of carbonyl (C=O) groups is 1. The Hall–Kier alpha value is -2.74. The van der Waals surface area contributed by atoms with Gasteiger partial charge >= 0.3 is 0 Å². The number of rotatable bonds is 5. The molecule has 0 spiro atoms. The van der Waals surface area contributed by atoms with Crippen LogP contribution in [0.2, 0.25) is 5.02 Å². The van der Waals surface area contributed by atoms with Gasteiger partial charge < -0.3 is 15.2 Å². The number of amides is 1. The lowest BCUT2D eigenvalue weighted by Gasteiger charge is -2.36. The van der Waals surface area contributed by atoms with Gasteiger partial charge in [0.1, 0.15) is 5.65 Å². The first kappa shape index (κ1) is 19.6. The summed E-state index contributed by atoms with van der Waals surface area (Å²) in [5.74, 6) is 0.0839. The van der Waals surface area contributed by atoms with E-state index in [-0.39, 0.29) is 17.8 Å². The lowest BCUT2D eigenvalue weighted by molar-refractivity contribution is -0.134. The van der Waals surface area contributed by atoms with Crippen LogP contribution in [0.1, 0.15) is 32.6 Å². The highest BCUT2D eigenvalue weighted by Crippen LogP contribution is 2.28. The van der Waals surface area contributed by atoms with Crippen molar-refractivity contribution in [3.63, 3.8) is 0 Å². The minimum absolute atomic E-state index is 0.0325. The molecule has 0 radical (unpaired) electrons. The van der Waals surface area contributed by atoms with Gasteiger partial charge in [-0.3, -0.25) is 4.79 Å². The van der Waals surface area contributed by atoms with E-state index < -0.39 is 5.82 Å². The second-order valence-corrected chi connectivity index (χ2v) is 7.55. The van der Waals surface area contributed by atoms with Crippen LogP contribution in [0, 0.1) is 5.82 Å². The lowest BCUT2D eigenvalue weighted by Crippen LogP contribution is -2.46. The van der Waals surface area contributed by atoms with E-state index in [1.54, 1.807) is 18.5 Å². The summed E-state index contributed by atoms with van der Waals surface area (Å²) in [7, 11) is 0. The third kappa shape index (κ3) is 4.03. The Labute approximate surface area is 172 Å². The number of nitrogens with one attached hydrogen (secondary N) is 2. The quantitative estimate of drug-likeness (QED) is 0.656. The number of halogens is 2. The minimum Gasteiger partial charge on any atom is -0.365 e. The molecule has 29 heavy (non-hydrogen) atoms. The molecule has 1 aliphatic heterocycles. The fourth-order valence-corrected chi connectivity index (χ4v) is 3.90. The van der Waals surface area contributed by atoms with E-state index in [0.717, 1.165) is 37.4 Å². The number of H-pyrrole nitrogens is 1. The van der Waals surface area contributed by atoms with Gasteiger partial charge in [0, 0.05) is 48.9 Å². The molecule has 9 heteroatoms. The normalized spacial score (nSPS) is 16.9. The number of hydrogen-bond donors (Lipinski definition) is 2. The third-order valence-electron chi connectivity index (χ3n) is 5.24. The second-order valence-electron chi connectivity index (χ2n) is 7.11. The average Bonchev–Trinajstić information content (AvgIpc) is 3.16. The summed E-state index contributed by atoms with van der Waals surface area (Å²) in [6.45, 7) is 3.06. The van der Waals surface area contributed by atoms with Gasteiger partial charge in [-0.05, 0) is 25.3 Å². The minimum atomic E-state index is -0.533. The van der Waals surface area contributed by atoms with Crippen molar-refractivity contribution in [2.75, 3.05) is 18.4 Å². The molecule has 0 aliphatic carbocycles. The van der Waals surface area contributed by atoms with Crippen LogP contribution in [0.3, 0.4) is 0 Å². The lowest BCUT2D eigenvalue weighted by atomic mass is 10.0. The SMILES string of the molecule is CCC(=O)N1CCCCC1CNc1nc(-c2c[nH]c3ncc(Cl)cc23)ncc1F. The van der Waals surface area contributed by atoms with E-state index in [1.165, 1.54) is 0 Å². The van der Waals surface area contributed by atoms with Crippen molar-refractivity contribution < 1.29 is 9.18 Å². The summed E-state index contributed by atoms with van der Waals surface area (Å²) in [6, 6.07) is 1.80. The van der Waals surface area contributed by atoms with Crippen LogP contribution in [0.25, 0.3) is 22.4 Å². The maximum Gasteiger partial charge on any atom is 0.222 e. The highest BCUT2D eigenvalue weighted by molar-refractivity contribution is 6.31. The second kappa shape index (κ2) is 8.32. The predicted octanol–water partition coefficient (Wildman–Crippen LogP) is 4.02. The number of likely N-dealkylation sites (tertiary alicyclic amines) is 1. The number of piperidine rings is 1. The van der Waals surface area contributed by atoms with Gasteiger partial charge in [-0.1, -0.05) is 18.5 Å². The van der Waals surface area contributed by atoms with Crippen LogP contribution in [-0.4, -0.2) is 49.9 Å². The maximum absolute atomic E-state index is 14.4. The summed E-state index contributed by atoms with van der Waals surface area (Å²) < 4.78 is 14.4. The van der Waals surface area contributed by atoms with Crippen LogP contribution in [0.15, 0.2) is 24.7 Å². The summed E-state index contributed by atoms with van der Waals surface area (Å²) >= 11 is 6.06. The van der Waals surface area contributed by atoms with Crippen molar-refractivity contribution in [1.82, 2.24) is 24.8 Å². The van der Waals surface area contributed by atoms with Crippen molar-refractivity contribution in [2.45, 2.75) is 38.6 Å². The first-order valence-electron chi connectivity index (χ1n) is 9.75. The number of aromatic nitrogens is 4. The van der Waals surface area contributed by atoms with Crippen molar-refractivity contribution >= 4 is 34.4 Å². The van der Waals surface area contributed by atoms with Crippen LogP contribution >= 0.6 is 11.6 Å². The van der Waals surface area contributed by atoms with E-state index in [4.69, 9.17) is 11.6 Å². The Kier molecular flexibility index (Phi) is 5.62. The van der Waals surface area contributed by atoms with Gasteiger partial charge in [-0.25, -0.2) is 19.3 Å². The number of aromatic amines is 1. The van der Waals surface area contributed by atoms with Gasteiger partial charge in [-0.15, -0.1) is 0 Å². The van der Waals surface area contributed by atoms with Crippen molar-refractivity contribution in [1.29, 1.82) is 0 Å². The number of hydrogen-bond acceptors (Lipinski definition) is 5. The van der Waals surface area contributed by atoms with Crippen LogP contribution in [-0.2, 0) is 4.79 Å². The van der Waals surface area contributed by atoms with E-state index in [2.05, 4.69) is 25.3 Å². The van der Waals surface area contributed by atoms with Crippen molar-refractivity contribution in [2.24, 2.45) is 0 Å². The molecule has 1 saturated heterocycles. The molecule has 1 atom stereocenters. The van der Waals surface area contributed by atoms with E-state index >= 15 is 0 Å². The highest BCUT2D eigenvalue weighted by Gasteiger charge is 2.26. The molecular formula is C20H22ClFN6O. The fourth-order valence-electron chi connectivity index (χ4n) is 3.74. The Morgan fingerprint density at radius 1 is 1.38 bits per heavy atom. The molecule has 7 nitrogen and oxygen atoms in total. The maximum atomic E-state index is 14.4. The molecule has 1 aliphatic rings. The Balaban J connectivity index is 1.57. The molecule has 4 heterocycles. The molecule has 3 aromatic heterocycles. The van der Waals surface area contributed by atoms with Crippen LogP contribution in [0.5, 0.6) is 0 Å². The molecule has 1 amide bonds. The zero-order chi connectivity index (χ0) is 20.4. The zero-order valence-corrected chi connectivity index (χ0v) is 16.8. The number of fused-ring (bicyclic) bond motifs is 1. The van der Waals surface area contributed by atoms with Gasteiger partial charge in [0.25, 0.3) is 0 Å². The van der Waals surface area contributed by atoms with Crippen LogP contribution in [0.4, 0.5) is 10.2 Å². The Morgan fingerprint density at radius 2 is 2.24 bits per heavy atom. The van der Waals surface area contributed by atoms with Crippen molar-refractivity contribution in [3.05, 3.63) is 35.5 Å². The molecule has 1 unspecified atom stereocenters. The van der Waals surface area contributed by atoms with E-state index in [1.807, 2.05) is 11.8 Å². The number of pyridine rings is 1. The molecular weight excluding hydrogens is 395 g/mol. The molecule has 0 aromatic carbocycles. The topological polar surface area (TPSA) is 86.8 Å². The first-order valence-corrected chi connectivity index (χ1v) is 10.1. The number of nitrogens with zero attached hydrogens (tertiary/aromatic N) is 4. The summed E-state index contributed by atoms with van der Waals surface area (Å²) in [5.41, 5.74) is 1.35. The molecule has 0 bridgehead atoms. The number of anilines is 1. The van der Waals surface area contributed by atoms with Gasteiger partial charge in [0.15, 0.2) is 17.5 Å². The summed E-state index contributed by atoms with van der Waals surface area (Å²) in [4.78, 5) is 29.9. The Bertz CT molecular complexity index is 1040. The van der Waals surface area contributed by atoms with Gasteiger partial charge in [-0.2, -0.15) is 0 Å². The van der Waals surface area contributed by atoms with E-state index in [9.17, 15) is 9.18 Å². The monoisotopic (exact) mass is 416 g/mol. The van der Waals surface area contributed by atoms with Crippen molar-refractivity contribution in [3.8, 4) is 11.4 Å².